The topological polar surface area (TPSA) is 74.0 Å². The van der Waals surface area contributed by atoms with Crippen LogP contribution < -0.4 is 5.32 Å². The number of benzene rings is 1. The van der Waals surface area contributed by atoms with Gasteiger partial charge in [0, 0.05) is 30.5 Å². The Bertz CT molecular complexity index is 775. The molecule has 3 atom stereocenters. The van der Waals surface area contributed by atoms with Crippen molar-refractivity contribution in [2.45, 2.75) is 31.2 Å². The zero-order valence-electron chi connectivity index (χ0n) is 13.1. The molecule has 1 spiro atoms. The van der Waals surface area contributed by atoms with E-state index in [1.165, 1.54) is 6.21 Å². The van der Waals surface area contributed by atoms with Crippen molar-refractivity contribution in [1.29, 1.82) is 0 Å². The summed E-state index contributed by atoms with van der Waals surface area (Å²) in [5.41, 5.74) is -0.180. The van der Waals surface area contributed by atoms with Gasteiger partial charge in [-0.15, -0.1) is 0 Å². The van der Waals surface area contributed by atoms with Gasteiger partial charge in [0.2, 0.25) is 0 Å². The Balaban J connectivity index is 1.69. The molecule has 24 heavy (non-hydrogen) atoms. The van der Waals surface area contributed by atoms with E-state index in [0.29, 0.717) is 16.8 Å². The molecule has 7 heteroatoms. The summed E-state index contributed by atoms with van der Waals surface area (Å²) in [5, 5.41) is 20.0. The molecule has 1 saturated heterocycles. The van der Waals surface area contributed by atoms with Crippen molar-refractivity contribution in [1.82, 2.24) is 5.32 Å². The first-order valence-corrected chi connectivity index (χ1v) is 7.88. The molecular formula is C17H17F2N3O2. The van der Waals surface area contributed by atoms with Crippen LogP contribution in [-0.2, 0) is 11.2 Å². The van der Waals surface area contributed by atoms with E-state index in [0.717, 1.165) is 0 Å². The molecule has 5 nitrogen and oxygen atoms in total. The molecule has 0 radical (unpaired) electrons. The first kappa shape index (κ1) is 15.4. The SMILES string of the molecule is CC12C=NN=C(c3ccc(CC(=O)O)cc3)C1C21NCCC1(F)F. The summed E-state index contributed by atoms with van der Waals surface area (Å²) in [6, 6.07) is 6.85. The minimum Gasteiger partial charge on any atom is -0.481 e. The number of aliphatic carboxylic acids is 1. The molecule has 2 aliphatic heterocycles. The van der Waals surface area contributed by atoms with Crippen LogP contribution in [0, 0.1) is 11.3 Å². The molecule has 2 heterocycles. The smallest absolute Gasteiger partial charge is 0.307 e. The number of hydrogen-bond acceptors (Lipinski definition) is 4. The van der Waals surface area contributed by atoms with E-state index in [-0.39, 0.29) is 19.4 Å². The Hall–Kier alpha value is -2.15. The molecule has 3 aliphatic rings. The van der Waals surface area contributed by atoms with Gasteiger partial charge in [-0.2, -0.15) is 10.2 Å². The summed E-state index contributed by atoms with van der Waals surface area (Å²) in [6.45, 7) is 2.07. The monoisotopic (exact) mass is 333 g/mol. The number of nitrogens with one attached hydrogen (secondary N) is 1. The number of carbonyl (C=O) groups is 1. The molecule has 1 aromatic carbocycles. The van der Waals surface area contributed by atoms with Gasteiger partial charge < -0.3 is 10.4 Å². The Morgan fingerprint density at radius 1 is 1.38 bits per heavy atom. The average molecular weight is 333 g/mol. The largest absolute Gasteiger partial charge is 0.481 e. The molecule has 0 bridgehead atoms. The summed E-state index contributed by atoms with van der Waals surface area (Å²) >= 11 is 0. The van der Waals surface area contributed by atoms with Gasteiger partial charge in [0.25, 0.3) is 5.92 Å². The van der Waals surface area contributed by atoms with Crippen LogP contribution in [0.15, 0.2) is 34.5 Å². The third kappa shape index (κ3) is 1.79. The Morgan fingerprint density at radius 2 is 2.08 bits per heavy atom. The van der Waals surface area contributed by atoms with Crippen molar-refractivity contribution in [2.24, 2.45) is 21.5 Å². The average Bonchev–Trinajstić information content (AvgIpc) is 2.92. The second-order valence-corrected chi connectivity index (χ2v) is 6.90. The van der Waals surface area contributed by atoms with Crippen LogP contribution in [0.3, 0.4) is 0 Å². The van der Waals surface area contributed by atoms with Crippen LogP contribution in [0.25, 0.3) is 0 Å². The van der Waals surface area contributed by atoms with Gasteiger partial charge in [-0.1, -0.05) is 31.2 Å². The maximum absolute atomic E-state index is 14.6. The highest BCUT2D eigenvalue weighted by molar-refractivity contribution is 6.11. The van der Waals surface area contributed by atoms with Gasteiger partial charge in [0.15, 0.2) is 0 Å². The molecular weight excluding hydrogens is 316 g/mol. The predicted octanol–water partition coefficient (Wildman–Crippen LogP) is 2.11. The van der Waals surface area contributed by atoms with Crippen molar-refractivity contribution in [2.75, 3.05) is 6.54 Å². The van der Waals surface area contributed by atoms with E-state index in [1.54, 1.807) is 31.2 Å². The number of carboxylic acids is 1. The van der Waals surface area contributed by atoms with E-state index in [4.69, 9.17) is 5.11 Å². The number of halogens is 2. The van der Waals surface area contributed by atoms with E-state index >= 15 is 0 Å². The second-order valence-electron chi connectivity index (χ2n) is 6.90. The van der Waals surface area contributed by atoms with E-state index in [2.05, 4.69) is 15.5 Å². The maximum atomic E-state index is 14.6. The summed E-state index contributed by atoms with van der Waals surface area (Å²) in [5.74, 6) is -4.16. The number of rotatable bonds is 3. The fourth-order valence-electron chi connectivity index (χ4n) is 4.41. The summed E-state index contributed by atoms with van der Waals surface area (Å²) < 4.78 is 29.2. The molecule has 1 saturated carbocycles. The van der Waals surface area contributed by atoms with Crippen molar-refractivity contribution in [3.63, 3.8) is 0 Å². The van der Waals surface area contributed by atoms with Crippen LogP contribution in [0.5, 0.6) is 0 Å². The summed E-state index contributed by atoms with van der Waals surface area (Å²) in [7, 11) is 0. The summed E-state index contributed by atoms with van der Waals surface area (Å²) in [4.78, 5) is 10.8. The van der Waals surface area contributed by atoms with Crippen molar-refractivity contribution < 1.29 is 18.7 Å². The lowest BCUT2D eigenvalue weighted by Gasteiger charge is -2.22. The first-order chi connectivity index (χ1) is 11.3. The highest BCUT2D eigenvalue weighted by Gasteiger charge is 2.86. The minimum atomic E-state index is -2.81. The van der Waals surface area contributed by atoms with E-state index < -0.39 is 28.8 Å². The van der Waals surface area contributed by atoms with Crippen molar-refractivity contribution in [3.05, 3.63) is 35.4 Å². The Morgan fingerprint density at radius 3 is 2.67 bits per heavy atom. The molecule has 2 N–H and O–H groups in total. The molecule has 0 aromatic heterocycles. The third-order valence-corrected chi connectivity index (χ3v) is 5.59. The minimum absolute atomic E-state index is 0.0738. The van der Waals surface area contributed by atoms with E-state index in [1.807, 2.05) is 0 Å². The zero-order chi connectivity index (χ0) is 17.2. The number of carboxylic acid groups (broad SMARTS) is 1. The van der Waals surface area contributed by atoms with Gasteiger partial charge >= 0.3 is 5.97 Å². The van der Waals surface area contributed by atoms with Crippen molar-refractivity contribution in [3.8, 4) is 0 Å². The molecule has 3 unspecified atom stereocenters. The fraction of sp³-hybridized carbons (Fsp3) is 0.471. The number of hydrogen-bond donors (Lipinski definition) is 2. The van der Waals surface area contributed by atoms with Crippen LogP contribution in [0.4, 0.5) is 8.78 Å². The zero-order valence-corrected chi connectivity index (χ0v) is 13.1. The Kier molecular flexibility index (Phi) is 3.01. The fourth-order valence-corrected chi connectivity index (χ4v) is 4.41. The Labute approximate surface area is 137 Å². The van der Waals surface area contributed by atoms with Gasteiger partial charge in [-0.3, -0.25) is 4.79 Å². The predicted molar refractivity (Wildman–Crippen MR) is 84.7 cm³/mol. The molecule has 0 amide bonds. The van der Waals surface area contributed by atoms with Crippen LogP contribution in [-0.4, -0.2) is 41.0 Å². The van der Waals surface area contributed by atoms with Crippen molar-refractivity contribution >= 4 is 17.9 Å². The molecule has 126 valence electrons. The third-order valence-electron chi connectivity index (χ3n) is 5.59. The number of nitrogens with zero attached hydrogens (tertiary/aromatic N) is 2. The van der Waals surface area contributed by atoms with Gasteiger partial charge in [0.05, 0.1) is 12.1 Å². The van der Waals surface area contributed by atoms with Gasteiger partial charge in [-0.25, -0.2) is 8.78 Å². The van der Waals surface area contributed by atoms with Crippen LogP contribution >= 0.6 is 0 Å². The number of fused-ring (bicyclic) bond motifs is 3. The highest BCUT2D eigenvalue weighted by Crippen LogP contribution is 2.71. The quantitative estimate of drug-likeness (QED) is 0.890. The molecule has 1 aromatic rings. The highest BCUT2D eigenvalue weighted by atomic mass is 19.3. The van der Waals surface area contributed by atoms with Gasteiger partial charge in [-0.05, 0) is 11.1 Å². The summed E-state index contributed by atoms with van der Waals surface area (Å²) in [6.07, 6.45) is 1.28. The lowest BCUT2D eigenvalue weighted by molar-refractivity contribution is -0.136. The van der Waals surface area contributed by atoms with Crippen LogP contribution in [0.1, 0.15) is 24.5 Å². The molecule has 2 fully saturated rings. The standard InChI is InChI=1S/C17H17F2N3O2/c1-15-9-21-22-13(11-4-2-10(3-5-11)8-12(23)24)14(15)17(15)16(18,19)6-7-20-17/h2-5,9,14,20H,6-8H2,1H3,(H,23,24). The lowest BCUT2D eigenvalue weighted by Crippen LogP contribution is -2.45. The molecule has 4 rings (SSSR count). The normalized spacial score (nSPS) is 35.6. The van der Waals surface area contributed by atoms with Gasteiger partial charge in [0.1, 0.15) is 5.54 Å². The maximum Gasteiger partial charge on any atom is 0.307 e. The molecule has 1 aliphatic carbocycles. The second kappa shape index (κ2) is 4.69. The lowest BCUT2D eigenvalue weighted by atomic mass is 9.98. The number of alkyl halides is 2. The van der Waals surface area contributed by atoms with Crippen LogP contribution in [0.2, 0.25) is 0 Å². The first-order valence-electron chi connectivity index (χ1n) is 7.88. The van der Waals surface area contributed by atoms with E-state index in [9.17, 15) is 13.6 Å².